The van der Waals surface area contributed by atoms with E-state index >= 15 is 0 Å². The first-order valence-corrected chi connectivity index (χ1v) is 5.83. The van der Waals surface area contributed by atoms with Crippen molar-refractivity contribution in [2.45, 2.75) is 26.2 Å². The molecule has 0 unspecified atom stereocenters. The Bertz CT molecular complexity index is 561. The van der Waals surface area contributed by atoms with Crippen LogP contribution in [0.25, 0.3) is 0 Å². The molecule has 0 bridgehead atoms. The average molecular weight is 270 g/mol. The number of hydrazone groups is 1. The quantitative estimate of drug-likeness (QED) is 0.360. The summed E-state index contributed by atoms with van der Waals surface area (Å²) in [6.45, 7) is 1.97. The lowest BCUT2D eigenvalue weighted by atomic mass is 10.2. The minimum absolute atomic E-state index is 0.0154. The van der Waals surface area contributed by atoms with E-state index in [2.05, 4.69) is 32.7 Å². The van der Waals surface area contributed by atoms with E-state index in [4.69, 9.17) is 0 Å². The second-order valence-electron chi connectivity index (χ2n) is 3.57. The summed E-state index contributed by atoms with van der Waals surface area (Å²) in [7, 11) is 0. The van der Waals surface area contributed by atoms with E-state index < -0.39 is 11.4 Å². The summed E-state index contributed by atoms with van der Waals surface area (Å²) < 4.78 is 0.0154. The number of nitrogens with zero attached hydrogens (tertiary/aromatic N) is 1. The number of hydrogen-bond donors (Lipinski definition) is 4. The van der Waals surface area contributed by atoms with E-state index in [1.54, 1.807) is 0 Å². The Morgan fingerprint density at radius 2 is 2.28 bits per heavy atom. The van der Waals surface area contributed by atoms with Crippen molar-refractivity contribution in [2.24, 2.45) is 5.10 Å². The predicted molar refractivity (Wildman–Crippen MR) is 69.2 cm³/mol. The number of aromatic amines is 2. The van der Waals surface area contributed by atoms with Gasteiger partial charge in [-0.1, -0.05) is 13.3 Å². The molecule has 4 N–H and O–H groups in total. The number of aromatic hydroxyl groups is 1. The second-order valence-corrected chi connectivity index (χ2v) is 3.98. The number of carbonyl (C=O) groups is 1. The van der Waals surface area contributed by atoms with Gasteiger partial charge in [-0.15, -0.1) is 0 Å². The van der Waals surface area contributed by atoms with Crippen LogP contribution < -0.4 is 11.0 Å². The fraction of sp³-hybridized carbons (Fsp3) is 0.400. The van der Waals surface area contributed by atoms with Crippen LogP contribution in [0.3, 0.4) is 0 Å². The fourth-order valence-corrected chi connectivity index (χ4v) is 1.36. The highest BCUT2D eigenvalue weighted by Gasteiger charge is 2.04. The van der Waals surface area contributed by atoms with Crippen molar-refractivity contribution in [3.8, 4) is 5.88 Å². The Kier molecular flexibility index (Phi) is 5.25. The third-order valence-corrected chi connectivity index (χ3v) is 2.30. The zero-order valence-corrected chi connectivity index (χ0v) is 10.6. The molecule has 0 aliphatic heterocycles. The van der Waals surface area contributed by atoms with E-state index in [0.717, 1.165) is 19.1 Å². The predicted octanol–water partition coefficient (Wildman–Crippen LogP) is 0.778. The number of rotatable bonds is 5. The summed E-state index contributed by atoms with van der Waals surface area (Å²) in [5.74, 6) is -0.636. The molecule has 0 aromatic carbocycles. The van der Waals surface area contributed by atoms with Crippen molar-refractivity contribution in [3.63, 3.8) is 0 Å². The lowest BCUT2D eigenvalue weighted by Gasteiger charge is -1.99. The summed E-state index contributed by atoms with van der Waals surface area (Å²) in [6, 6.07) is 0. The molecule has 18 heavy (non-hydrogen) atoms. The Morgan fingerprint density at radius 3 is 2.89 bits per heavy atom. The molecular formula is C10H14N4O3S. The molecule has 0 atom stereocenters. The fourth-order valence-electron chi connectivity index (χ4n) is 1.17. The number of hydrogen-bond acceptors (Lipinski definition) is 5. The number of carbonyl (C=O) groups excluding carboxylic acids is 1. The van der Waals surface area contributed by atoms with Crippen LogP contribution in [0.15, 0.2) is 9.90 Å². The molecule has 0 radical (unpaired) electrons. The summed E-state index contributed by atoms with van der Waals surface area (Å²) in [6.07, 6.45) is 3.11. The van der Waals surface area contributed by atoms with Crippen molar-refractivity contribution < 1.29 is 9.90 Å². The topological polar surface area (TPSA) is 110 Å². The second kappa shape index (κ2) is 6.70. The highest BCUT2D eigenvalue weighted by Crippen LogP contribution is 2.03. The summed E-state index contributed by atoms with van der Waals surface area (Å²) in [4.78, 5) is 27.3. The van der Waals surface area contributed by atoms with Crippen LogP contribution >= 0.6 is 12.2 Å². The molecule has 0 saturated carbocycles. The maximum absolute atomic E-state index is 11.4. The Labute approximate surface area is 108 Å². The maximum Gasteiger partial charge on any atom is 0.264 e. The molecule has 1 rings (SSSR count). The van der Waals surface area contributed by atoms with Crippen LogP contribution in [0.4, 0.5) is 0 Å². The Hall–Kier alpha value is -1.96. The van der Waals surface area contributed by atoms with Gasteiger partial charge in [-0.05, 0) is 18.6 Å². The van der Waals surface area contributed by atoms with Crippen LogP contribution in [-0.2, 0) is 4.79 Å². The number of unbranched alkanes of at least 4 members (excludes halogenated alkanes) is 1. The van der Waals surface area contributed by atoms with Gasteiger partial charge < -0.3 is 10.1 Å². The van der Waals surface area contributed by atoms with E-state index in [9.17, 15) is 14.7 Å². The monoisotopic (exact) mass is 270 g/mol. The molecule has 0 saturated heterocycles. The standard InChI is InChI=1S/C10H14N4O3S/c1-2-3-4-7(15)14-11-5-6-8(16)12-10(18)13-9(6)17/h5H,2-4H2,1H3,(H,14,15)(H3,12,13,16,17,18)/b11-5+. The van der Waals surface area contributed by atoms with Crippen molar-refractivity contribution >= 4 is 24.3 Å². The first-order chi connectivity index (χ1) is 8.54. The van der Waals surface area contributed by atoms with Gasteiger partial charge in [0.15, 0.2) is 4.77 Å². The average Bonchev–Trinajstić information content (AvgIpc) is 2.29. The van der Waals surface area contributed by atoms with Crippen LogP contribution in [0, 0.1) is 4.77 Å². The maximum atomic E-state index is 11.4. The zero-order valence-electron chi connectivity index (χ0n) is 9.82. The van der Waals surface area contributed by atoms with Gasteiger partial charge in [0.2, 0.25) is 11.8 Å². The first-order valence-electron chi connectivity index (χ1n) is 5.42. The van der Waals surface area contributed by atoms with Gasteiger partial charge in [-0.3, -0.25) is 14.6 Å². The molecule has 1 aromatic rings. The summed E-state index contributed by atoms with van der Waals surface area (Å²) in [5.41, 5.74) is 1.58. The van der Waals surface area contributed by atoms with Crippen LogP contribution in [-0.4, -0.2) is 27.2 Å². The van der Waals surface area contributed by atoms with Crippen LogP contribution in [0.5, 0.6) is 5.88 Å². The van der Waals surface area contributed by atoms with Crippen LogP contribution in [0.2, 0.25) is 0 Å². The lowest BCUT2D eigenvalue weighted by Crippen LogP contribution is -2.19. The summed E-state index contributed by atoms with van der Waals surface area (Å²) in [5, 5.41) is 13.0. The number of amides is 1. The van der Waals surface area contributed by atoms with Gasteiger partial charge in [0.05, 0.1) is 6.21 Å². The van der Waals surface area contributed by atoms with E-state index in [-0.39, 0.29) is 16.2 Å². The normalized spacial score (nSPS) is 10.7. The molecule has 8 heteroatoms. The van der Waals surface area contributed by atoms with Gasteiger partial charge in [0.1, 0.15) is 5.56 Å². The van der Waals surface area contributed by atoms with Gasteiger partial charge in [-0.2, -0.15) is 5.10 Å². The van der Waals surface area contributed by atoms with Crippen molar-refractivity contribution in [1.82, 2.24) is 15.4 Å². The number of nitrogens with one attached hydrogen (secondary N) is 3. The number of aromatic nitrogens is 2. The van der Waals surface area contributed by atoms with Crippen molar-refractivity contribution in [1.29, 1.82) is 0 Å². The molecule has 1 amide bonds. The third kappa shape index (κ3) is 4.13. The largest absolute Gasteiger partial charge is 0.494 e. The molecule has 0 spiro atoms. The smallest absolute Gasteiger partial charge is 0.264 e. The molecule has 1 aromatic heterocycles. The molecule has 0 aliphatic carbocycles. The van der Waals surface area contributed by atoms with E-state index in [0.29, 0.717) is 6.42 Å². The number of H-pyrrole nitrogens is 2. The molecule has 0 aliphatic rings. The first kappa shape index (κ1) is 14.1. The lowest BCUT2D eigenvalue weighted by molar-refractivity contribution is -0.121. The molecule has 98 valence electrons. The van der Waals surface area contributed by atoms with Gasteiger partial charge in [0.25, 0.3) is 5.56 Å². The molecule has 0 fully saturated rings. The molecular weight excluding hydrogens is 256 g/mol. The Morgan fingerprint density at radius 1 is 1.56 bits per heavy atom. The van der Waals surface area contributed by atoms with Gasteiger partial charge in [-0.25, -0.2) is 5.43 Å². The molecule has 1 heterocycles. The van der Waals surface area contributed by atoms with E-state index in [1.165, 1.54) is 0 Å². The van der Waals surface area contributed by atoms with Gasteiger partial charge >= 0.3 is 0 Å². The van der Waals surface area contributed by atoms with Gasteiger partial charge in [0, 0.05) is 6.42 Å². The SMILES string of the molecule is CCCCC(=O)N/N=C/c1c(O)[nH]c(=S)[nH]c1=O. The summed E-state index contributed by atoms with van der Waals surface area (Å²) >= 11 is 4.66. The van der Waals surface area contributed by atoms with E-state index in [1.807, 2.05) is 6.92 Å². The highest BCUT2D eigenvalue weighted by molar-refractivity contribution is 7.71. The Balaban J connectivity index is 2.71. The van der Waals surface area contributed by atoms with Crippen LogP contribution in [0.1, 0.15) is 31.7 Å². The zero-order chi connectivity index (χ0) is 13.5. The highest BCUT2D eigenvalue weighted by atomic mass is 32.1. The third-order valence-electron chi connectivity index (χ3n) is 2.10. The minimum atomic E-state index is -0.581. The minimum Gasteiger partial charge on any atom is -0.494 e. The van der Waals surface area contributed by atoms with Crippen molar-refractivity contribution in [2.75, 3.05) is 0 Å². The van der Waals surface area contributed by atoms with Crippen molar-refractivity contribution in [3.05, 3.63) is 20.7 Å². The molecule has 7 nitrogen and oxygen atoms in total.